The van der Waals surface area contributed by atoms with Gasteiger partial charge >= 0.3 is 0 Å². The summed E-state index contributed by atoms with van der Waals surface area (Å²) in [6.45, 7) is 4.87. The Bertz CT molecular complexity index is 448. The van der Waals surface area contributed by atoms with E-state index in [1.807, 2.05) is 25.4 Å². The minimum Gasteiger partial charge on any atom is -0.395 e. The fourth-order valence-corrected chi connectivity index (χ4v) is 2.27. The highest BCUT2D eigenvalue weighted by atomic mass is 32.1. The van der Waals surface area contributed by atoms with Gasteiger partial charge in [-0.25, -0.2) is 4.98 Å². The minimum absolute atomic E-state index is 0.119. The van der Waals surface area contributed by atoms with Crippen LogP contribution in [-0.4, -0.2) is 27.1 Å². The Morgan fingerprint density at radius 1 is 1.67 bits per heavy atom. The molecule has 0 aliphatic heterocycles. The first-order chi connectivity index (χ1) is 7.22. The van der Waals surface area contributed by atoms with Crippen molar-refractivity contribution in [2.45, 2.75) is 26.4 Å². The lowest BCUT2D eigenvalue weighted by atomic mass is 10.3. The van der Waals surface area contributed by atoms with Crippen LogP contribution < -0.4 is 5.32 Å². The molecule has 0 unspecified atom stereocenters. The highest BCUT2D eigenvalue weighted by molar-refractivity contribution is 7.15. The quantitative estimate of drug-likeness (QED) is 0.821. The van der Waals surface area contributed by atoms with Gasteiger partial charge in [-0.05, 0) is 13.8 Å². The van der Waals surface area contributed by atoms with Crippen molar-refractivity contribution in [1.82, 2.24) is 14.7 Å². The molecule has 2 heterocycles. The first kappa shape index (κ1) is 10.6. The van der Waals surface area contributed by atoms with Crippen LogP contribution in [0.3, 0.4) is 0 Å². The molecule has 2 N–H and O–H groups in total. The number of aromatic nitrogens is 2. The summed E-state index contributed by atoms with van der Waals surface area (Å²) in [6, 6.07) is 0.119. The van der Waals surface area contributed by atoms with Gasteiger partial charge in [0, 0.05) is 24.2 Å². The second-order valence-electron chi connectivity index (χ2n) is 3.66. The molecule has 0 spiro atoms. The summed E-state index contributed by atoms with van der Waals surface area (Å²) in [6.07, 6.45) is 2.03. The largest absolute Gasteiger partial charge is 0.395 e. The molecule has 2 rings (SSSR count). The van der Waals surface area contributed by atoms with Gasteiger partial charge in [-0.15, -0.1) is 11.3 Å². The normalized spacial score (nSPS) is 13.5. The molecule has 15 heavy (non-hydrogen) atoms. The van der Waals surface area contributed by atoms with E-state index in [2.05, 4.69) is 14.7 Å². The van der Waals surface area contributed by atoms with Crippen molar-refractivity contribution in [3.8, 4) is 0 Å². The predicted octanol–water partition coefficient (Wildman–Crippen LogP) is 1.17. The molecule has 5 heteroatoms. The third kappa shape index (κ3) is 2.04. The number of fused-ring (bicyclic) bond motifs is 1. The lowest BCUT2D eigenvalue weighted by Gasteiger charge is -2.10. The number of aliphatic hydroxyl groups excluding tert-OH is 1. The highest BCUT2D eigenvalue weighted by Crippen LogP contribution is 2.16. The summed E-state index contributed by atoms with van der Waals surface area (Å²) in [5, 5.41) is 14.2. The summed E-state index contributed by atoms with van der Waals surface area (Å²) >= 11 is 1.64. The van der Waals surface area contributed by atoms with Crippen LogP contribution in [0.4, 0.5) is 0 Å². The topological polar surface area (TPSA) is 49.6 Å². The SMILES string of the molecule is Cc1nc2sccn2c1CN[C@H](C)CO. The van der Waals surface area contributed by atoms with Crippen molar-refractivity contribution in [3.63, 3.8) is 0 Å². The van der Waals surface area contributed by atoms with E-state index in [4.69, 9.17) is 5.11 Å². The monoisotopic (exact) mass is 225 g/mol. The second-order valence-corrected chi connectivity index (χ2v) is 4.54. The maximum atomic E-state index is 8.92. The molecule has 0 saturated heterocycles. The van der Waals surface area contributed by atoms with Gasteiger partial charge in [0.25, 0.3) is 0 Å². The molecule has 0 radical (unpaired) electrons. The van der Waals surface area contributed by atoms with Gasteiger partial charge in [0.15, 0.2) is 4.96 Å². The number of hydrogen-bond donors (Lipinski definition) is 2. The number of nitrogens with zero attached hydrogens (tertiary/aromatic N) is 2. The lowest BCUT2D eigenvalue weighted by molar-refractivity contribution is 0.250. The Balaban J connectivity index is 2.19. The maximum Gasteiger partial charge on any atom is 0.194 e. The maximum absolute atomic E-state index is 8.92. The first-order valence-corrected chi connectivity index (χ1v) is 5.85. The molecule has 0 amide bonds. The minimum atomic E-state index is 0.119. The average molecular weight is 225 g/mol. The van der Waals surface area contributed by atoms with E-state index in [0.29, 0.717) is 0 Å². The van der Waals surface area contributed by atoms with Crippen molar-refractivity contribution in [3.05, 3.63) is 23.0 Å². The third-order valence-corrected chi connectivity index (χ3v) is 3.21. The third-order valence-electron chi connectivity index (χ3n) is 2.45. The molecule has 0 fully saturated rings. The van der Waals surface area contributed by atoms with Crippen LogP contribution in [0.25, 0.3) is 4.96 Å². The van der Waals surface area contributed by atoms with Crippen LogP contribution >= 0.6 is 11.3 Å². The number of imidazole rings is 1. The zero-order valence-electron chi connectivity index (χ0n) is 8.90. The van der Waals surface area contributed by atoms with Crippen molar-refractivity contribution >= 4 is 16.3 Å². The van der Waals surface area contributed by atoms with Gasteiger partial charge in [0.05, 0.1) is 18.0 Å². The molecular weight excluding hydrogens is 210 g/mol. The highest BCUT2D eigenvalue weighted by Gasteiger charge is 2.09. The van der Waals surface area contributed by atoms with Crippen molar-refractivity contribution in [1.29, 1.82) is 0 Å². The van der Waals surface area contributed by atoms with Gasteiger partial charge in [0.1, 0.15) is 0 Å². The number of nitrogens with one attached hydrogen (secondary N) is 1. The Kier molecular flexibility index (Phi) is 3.04. The predicted molar refractivity (Wildman–Crippen MR) is 61.2 cm³/mol. The van der Waals surface area contributed by atoms with E-state index >= 15 is 0 Å². The zero-order valence-corrected chi connectivity index (χ0v) is 9.71. The molecule has 0 aliphatic carbocycles. The van der Waals surface area contributed by atoms with E-state index in [-0.39, 0.29) is 12.6 Å². The zero-order chi connectivity index (χ0) is 10.8. The van der Waals surface area contributed by atoms with Gasteiger partial charge in [-0.3, -0.25) is 4.40 Å². The van der Waals surface area contributed by atoms with Crippen molar-refractivity contribution in [2.75, 3.05) is 6.61 Å². The molecule has 2 aromatic rings. The van der Waals surface area contributed by atoms with Crippen LogP contribution in [0.5, 0.6) is 0 Å². The van der Waals surface area contributed by atoms with E-state index in [1.54, 1.807) is 11.3 Å². The molecule has 0 aromatic carbocycles. The number of aliphatic hydroxyl groups is 1. The summed E-state index contributed by atoms with van der Waals surface area (Å²) in [5.41, 5.74) is 2.23. The summed E-state index contributed by atoms with van der Waals surface area (Å²) in [5.74, 6) is 0. The van der Waals surface area contributed by atoms with Crippen LogP contribution in [0, 0.1) is 6.92 Å². The molecule has 0 bridgehead atoms. The summed E-state index contributed by atoms with van der Waals surface area (Å²) < 4.78 is 2.09. The fourth-order valence-electron chi connectivity index (χ4n) is 1.49. The van der Waals surface area contributed by atoms with Crippen LogP contribution in [0.1, 0.15) is 18.3 Å². The van der Waals surface area contributed by atoms with E-state index in [0.717, 1.165) is 17.2 Å². The molecule has 1 atom stereocenters. The molecule has 0 saturated carbocycles. The summed E-state index contributed by atoms with van der Waals surface area (Å²) in [7, 11) is 0. The molecule has 4 nitrogen and oxygen atoms in total. The lowest BCUT2D eigenvalue weighted by Crippen LogP contribution is -2.29. The molecule has 0 aliphatic rings. The Hall–Kier alpha value is -0.910. The van der Waals surface area contributed by atoms with Gasteiger partial charge in [-0.2, -0.15) is 0 Å². The van der Waals surface area contributed by atoms with E-state index in [9.17, 15) is 0 Å². The van der Waals surface area contributed by atoms with Crippen molar-refractivity contribution in [2.24, 2.45) is 0 Å². The first-order valence-electron chi connectivity index (χ1n) is 4.97. The second kappa shape index (κ2) is 4.30. The average Bonchev–Trinajstić information content (AvgIpc) is 2.75. The van der Waals surface area contributed by atoms with Crippen LogP contribution in [0.2, 0.25) is 0 Å². The Morgan fingerprint density at radius 2 is 2.47 bits per heavy atom. The van der Waals surface area contributed by atoms with E-state index in [1.165, 1.54) is 5.69 Å². The smallest absolute Gasteiger partial charge is 0.194 e. The molecule has 82 valence electrons. The number of rotatable bonds is 4. The van der Waals surface area contributed by atoms with Gasteiger partial charge < -0.3 is 10.4 Å². The molecular formula is C10H15N3OS. The molecule has 2 aromatic heterocycles. The fraction of sp³-hybridized carbons (Fsp3) is 0.500. The number of thiazole rings is 1. The Morgan fingerprint density at radius 3 is 3.20 bits per heavy atom. The van der Waals surface area contributed by atoms with Crippen molar-refractivity contribution < 1.29 is 5.11 Å². The standard InChI is InChI=1S/C10H15N3OS/c1-7(6-14)11-5-9-8(2)12-10-13(9)3-4-15-10/h3-4,7,11,14H,5-6H2,1-2H3/t7-/m1/s1. The van der Waals surface area contributed by atoms with Crippen LogP contribution in [-0.2, 0) is 6.54 Å². The van der Waals surface area contributed by atoms with Gasteiger partial charge in [0.2, 0.25) is 0 Å². The number of hydrogen-bond acceptors (Lipinski definition) is 4. The summed E-state index contributed by atoms with van der Waals surface area (Å²) in [4.78, 5) is 5.48. The van der Waals surface area contributed by atoms with E-state index < -0.39 is 0 Å². The number of aryl methyl sites for hydroxylation is 1. The van der Waals surface area contributed by atoms with Crippen LogP contribution in [0.15, 0.2) is 11.6 Å². The Labute approximate surface area is 92.6 Å². The van der Waals surface area contributed by atoms with Gasteiger partial charge in [-0.1, -0.05) is 0 Å².